The van der Waals surface area contributed by atoms with Gasteiger partial charge in [-0.1, -0.05) is 30.3 Å². The SMILES string of the molecule is O=C1C(=O)N(CCCn2ccnc2)[C@@H](c2cccc(Oc3ccccc3)c2)/C1=C(\O)c1ccc2c(c1)OCCO2. The van der Waals surface area contributed by atoms with Gasteiger partial charge in [-0.25, -0.2) is 4.98 Å². The Labute approximate surface area is 230 Å². The first-order chi connectivity index (χ1) is 19.6. The van der Waals surface area contributed by atoms with Gasteiger partial charge in [0.1, 0.15) is 30.5 Å². The second-order valence-corrected chi connectivity index (χ2v) is 9.49. The van der Waals surface area contributed by atoms with E-state index < -0.39 is 17.7 Å². The maximum Gasteiger partial charge on any atom is 0.295 e. The van der Waals surface area contributed by atoms with Crippen molar-refractivity contribution in [2.24, 2.45) is 0 Å². The fourth-order valence-corrected chi connectivity index (χ4v) is 5.02. The number of para-hydroxylation sites is 1. The number of ether oxygens (including phenoxy) is 3. The largest absolute Gasteiger partial charge is 0.507 e. The molecule has 0 spiro atoms. The molecule has 9 heteroatoms. The smallest absolute Gasteiger partial charge is 0.295 e. The molecule has 0 aliphatic carbocycles. The Bertz CT molecular complexity index is 1570. The van der Waals surface area contributed by atoms with Crippen LogP contribution in [0.15, 0.2) is 97.1 Å². The van der Waals surface area contributed by atoms with E-state index >= 15 is 0 Å². The average molecular weight is 538 g/mol. The van der Waals surface area contributed by atoms with E-state index in [0.29, 0.717) is 66.8 Å². The van der Waals surface area contributed by atoms with Gasteiger partial charge < -0.3 is 28.8 Å². The summed E-state index contributed by atoms with van der Waals surface area (Å²) in [6.07, 6.45) is 5.83. The highest BCUT2D eigenvalue weighted by Gasteiger charge is 2.46. The lowest BCUT2D eigenvalue weighted by atomic mass is 9.95. The van der Waals surface area contributed by atoms with Gasteiger partial charge in [0, 0.05) is 31.0 Å². The molecule has 1 atom stereocenters. The van der Waals surface area contributed by atoms with E-state index in [-0.39, 0.29) is 11.3 Å². The number of aromatic nitrogens is 2. The van der Waals surface area contributed by atoms with Crippen molar-refractivity contribution in [3.8, 4) is 23.0 Å². The number of aryl methyl sites for hydroxylation is 1. The van der Waals surface area contributed by atoms with Gasteiger partial charge >= 0.3 is 0 Å². The van der Waals surface area contributed by atoms with Gasteiger partial charge in [-0.05, 0) is 54.4 Å². The van der Waals surface area contributed by atoms with Crippen LogP contribution >= 0.6 is 0 Å². The number of ketones is 1. The Morgan fingerprint density at radius 1 is 0.925 bits per heavy atom. The molecule has 6 rings (SSSR count). The summed E-state index contributed by atoms with van der Waals surface area (Å²) in [5.74, 6) is 0.562. The number of hydrogen-bond donors (Lipinski definition) is 1. The van der Waals surface area contributed by atoms with E-state index in [1.807, 2.05) is 59.3 Å². The van der Waals surface area contributed by atoms with Crippen LogP contribution in [0.5, 0.6) is 23.0 Å². The van der Waals surface area contributed by atoms with Crippen molar-refractivity contribution in [3.63, 3.8) is 0 Å². The number of aliphatic hydroxyl groups excluding tert-OH is 1. The first-order valence-electron chi connectivity index (χ1n) is 13.1. The quantitative estimate of drug-likeness (QED) is 0.193. The third kappa shape index (κ3) is 5.01. The minimum Gasteiger partial charge on any atom is -0.507 e. The summed E-state index contributed by atoms with van der Waals surface area (Å²) in [4.78, 5) is 32.4. The van der Waals surface area contributed by atoms with E-state index in [1.165, 1.54) is 4.90 Å². The van der Waals surface area contributed by atoms with Gasteiger partial charge in [-0.3, -0.25) is 9.59 Å². The number of likely N-dealkylation sites (tertiary alicyclic amines) is 1. The van der Waals surface area contributed by atoms with Gasteiger partial charge in [-0.15, -0.1) is 0 Å². The monoisotopic (exact) mass is 537 g/mol. The van der Waals surface area contributed by atoms with Crippen molar-refractivity contribution in [1.82, 2.24) is 14.5 Å². The molecule has 3 heterocycles. The summed E-state index contributed by atoms with van der Waals surface area (Å²) in [5.41, 5.74) is 1.03. The Morgan fingerprint density at radius 3 is 2.52 bits per heavy atom. The van der Waals surface area contributed by atoms with E-state index in [2.05, 4.69) is 4.98 Å². The van der Waals surface area contributed by atoms with Crippen molar-refractivity contribution < 1.29 is 28.9 Å². The third-order valence-corrected chi connectivity index (χ3v) is 6.88. The average Bonchev–Trinajstić information content (AvgIpc) is 3.59. The lowest BCUT2D eigenvalue weighted by Crippen LogP contribution is -2.31. The van der Waals surface area contributed by atoms with Crippen LogP contribution in [0, 0.1) is 0 Å². The van der Waals surface area contributed by atoms with Gasteiger partial charge in [0.2, 0.25) is 0 Å². The molecule has 4 aromatic rings. The Kier molecular flexibility index (Phi) is 6.93. The highest BCUT2D eigenvalue weighted by Crippen LogP contribution is 2.42. The molecule has 9 nitrogen and oxygen atoms in total. The molecule has 0 radical (unpaired) electrons. The van der Waals surface area contributed by atoms with Crippen LogP contribution < -0.4 is 14.2 Å². The van der Waals surface area contributed by atoms with Crippen molar-refractivity contribution in [2.45, 2.75) is 19.0 Å². The zero-order valence-electron chi connectivity index (χ0n) is 21.6. The molecule has 1 N–H and O–H groups in total. The molecule has 40 heavy (non-hydrogen) atoms. The number of benzene rings is 3. The predicted molar refractivity (Wildman–Crippen MR) is 146 cm³/mol. The van der Waals surface area contributed by atoms with Crippen LogP contribution in [0.2, 0.25) is 0 Å². The topological polar surface area (TPSA) is 103 Å². The summed E-state index contributed by atoms with van der Waals surface area (Å²) in [5, 5.41) is 11.5. The Morgan fingerprint density at radius 2 is 1.73 bits per heavy atom. The summed E-state index contributed by atoms with van der Waals surface area (Å²) in [7, 11) is 0. The number of carbonyl (C=O) groups excluding carboxylic acids is 2. The summed E-state index contributed by atoms with van der Waals surface area (Å²) >= 11 is 0. The number of hydrogen-bond acceptors (Lipinski definition) is 7. The fourth-order valence-electron chi connectivity index (χ4n) is 5.02. The number of rotatable bonds is 8. The fraction of sp³-hybridized carbons (Fsp3) is 0.194. The van der Waals surface area contributed by atoms with E-state index in [0.717, 1.165) is 0 Å². The lowest BCUT2D eigenvalue weighted by Gasteiger charge is -2.26. The van der Waals surface area contributed by atoms with E-state index in [4.69, 9.17) is 14.2 Å². The van der Waals surface area contributed by atoms with E-state index in [9.17, 15) is 14.7 Å². The normalized spacial score (nSPS) is 17.7. The van der Waals surface area contributed by atoms with E-state index in [1.54, 1.807) is 36.8 Å². The minimum atomic E-state index is -0.810. The number of imidazole rings is 1. The van der Waals surface area contributed by atoms with Crippen LogP contribution in [0.1, 0.15) is 23.6 Å². The molecule has 202 valence electrons. The molecular formula is C31H27N3O6. The molecule has 0 bridgehead atoms. The van der Waals surface area contributed by atoms with Crippen molar-refractivity contribution in [1.29, 1.82) is 0 Å². The number of carbonyl (C=O) groups is 2. The van der Waals surface area contributed by atoms with Gasteiger partial charge in [-0.2, -0.15) is 0 Å². The summed E-state index contributed by atoms with van der Waals surface area (Å²) in [6.45, 7) is 1.74. The number of nitrogens with zero attached hydrogens (tertiary/aromatic N) is 3. The van der Waals surface area contributed by atoms with Crippen LogP contribution in [-0.2, 0) is 16.1 Å². The van der Waals surface area contributed by atoms with Crippen molar-refractivity contribution in [2.75, 3.05) is 19.8 Å². The van der Waals surface area contributed by atoms with Gasteiger partial charge in [0.05, 0.1) is 17.9 Å². The van der Waals surface area contributed by atoms with Crippen LogP contribution in [-0.4, -0.2) is 51.0 Å². The van der Waals surface area contributed by atoms with Crippen molar-refractivity contribution >= 4 is 17.4 Å². The van der Waals surface area contributed by atoms with Crippen molar-refractivity contribution in [3.05, 3.63) is 108 Å². The number of Topliss-reactive ketones (excluding diaryl/α,β-unsaturated/α-hetero) is 1. The molecule has 0 saturated carbocycles. The molecule has 2 aliphatic rings. The highest BCUT2D eigenvalue weighted by molar-refractivity contribution is 6.46. The maximum atomic E-state index is 13.5. The lowest BCUT2D eigenvalue weighted by molar-refractivity contribution is -0.139. The molecular weight excluding hydrogens is 510 g/mol. The van der Waals surface area contributed by atoms with Crippen LogP contribution in [0.3, 0.4) is 0 Å². The molecule has 1 fully saturated rings. The first-order valence-corrected chi connectivity index (χ1v) is 13.1. The predicted octanol–water partition coefficient (Wildman–Crippen LogP) is 4.96. The molecule has 2 aliphatic heterocycles. The second-order valence-electron chi connectivity index (χ2n) is 9.49. The van der Waals surface area contributed by atoms with Crippen LogP contribution in [0.25, 0.3) is 5.76 Å². The Hall–Kier alpha value is -5.05. The molecule has 1 aromatic heterocycles. The second kappa shape index (κ2) is 11.0. The molecule has 0 unspecified atom stereocenters. The maximum absolute atomic E-state index is 13.5. The zero-order chi connectivity index (χ0) is 27.5. The summed E-state index contributed by atoms with van der Waals surface area (Å²) < 4.78 is 19.2. The molecule has 1 saturated heterocycles. The minimum absolute atomic E-state index is 0.0150. The number of amides is 1. The molecule has 1 amide bonds. The Balaban J connectivity index is 1.38. The first kappa shape index (κ1) is 25.2. The van der Waals surface area contributed by atoms with Crippen LogP contribution in [0.4, 0.5) is 0 Å². The summed E-state index contributed by atoms with van der Waals surface area (Å²) in [6, 6.07) is 20.7. The third-order valence-electron chi connectivity index (χ3n) is 6.88. The van der Waals surface area contributed by atoms with Gasteiger partial charge in [0.15, 0.2) is 11.5 Å². The van der Waals surface area contributed by atoms with Gasteiger partial charge in [0.25, 0.3) is 11.7 Å². The number of aliphatic hydroxyl groups is 1. The highest BCUT2D eigenvalue weighted by atomic mass is 16.6. The standard InChI is InChI=1S/C31H27N3O6/c35-29(22-10-11-25-26(19-22)39-17-16-38-25)27-28(21-6-4-9-24(18-21)40-23-7-2-1-3-8-23)34(31(37)30(27)36)14-5-13-33-15-12-32-20-33/h1-4,6-12,15,18-20,28,35H,5,13-14,16-17H2/b29-27+/t28-/m0/s1. The number of fused-ring (bicyclic) bond motifs is 1. The zero-order valence-corrected chi connectivity index (χ0v) is 21.6. The molecule has 3 aromatic carbocycles.